The van der Waals surface area contributed by atoms with E-state index >= 15 is 0 Å². The Hall–Kier alpha value is -0.610. The van der Waals surface area contributed by atoms with Crippen LogP contribution in [0.4, 0.5) is 0 Å². The molecule has 0 aromatic rings. The lowest BCUT2D eigenvalue weighted by Gasteiger charge is -2.24. The molecule has 14 heavy (non-hydrogen) atoms. The fraction of sp³-hybridized carbons (Fsp3) is 0.900. The second kappa shape index (κ2) is 5.98. The Labute approximate surface area is 86.0 Å². The van der Waals surface area contributed by atoms with Crippen molar-refractivity contribution >= 4 is 5.91 Å². The normalized spacial score (nSPS) is 24.4. The Morgan fingerprint density at radius 1 is 1.64 bits per heavy atom. The highest BCUT2D eigenvalue weighted by atomic mass is 16.2. The van der Waals surface area contributed by atoms with Gasteiger partial charge in [0.2, 0.25) is 5.91 Å². The maximum Gasteiger partial charge on any atom is 0.237 e. The van der Waals surface area contributed by atoms with Crippen molar-refractivity contribution < 1.29 is 4.79 Å². The van der Waals surface area contributed by atoms with E-state index < -0.39 is 0 Å². The van der Waals surface area contributed by atoms with Crippen molar-refractivity contribution in [2.45, 2.75) is 25.8 Å². The van der Waals surface area contributed by atoms with Crippen molar-refractivity contribution in [2.24, 2.45) is 0 Å². The van der Waals surface area contributed by atoms with Crippen molar-refractivity contribution in [1.29, 1.82) is 0 Å². The van der Waals surface area contributed by atoms with E-state index in [-0.39, 0.29) is 11.9 Å². The van der Waals surface area contributed by atoms with Crippen LogP contribution in [0.15, 0.2) is 0 Å². The summed E-state index contributed by atoms with van der Waals surface area (Å²) in [5, 5.41) is 6.04. The van der Waals surface area contributed by atoms with Gasteiger partial charge in [-0.2, -0.15) is 0 Å². The number of carbonyl (C=O) groups excluding carboxylic acids is 1. The van der Waals surface area contributed by atoms with Crippen LogP contribution in [-0.4, -0.2) is 50.1 Å². The second-order valence-corrected chi connectivity index (χ2v) is 3.81. The third kappa shape index (κ3) is 3.27. The van der Waals surface area contributed by atoms with Crippen LogP contribution in [0.3, 0.4) is 0 Å². The number of nitrogens with one attached hydrogen (secondary N) is 2. The van der Waals surface area contributed by atoms with Crippen LogP contribution < -0.4 is 10.6 Å². The van der Waals surface area contributed by atoms with Gasteiger partial charge < -0.3 is 10.6 Å². The van der Waals surface area contributed by atoms with Crippen molar-refractivity contribution in [3.05, 3.63) is 0 Å². The average Bonchev–Trinajstić information content (AvgIpc) is 2.33. The molecule has 1 aliphatic heterocycles. The number of nitrogens with zero attached hydrogens (tertiary/aromatic N) is 1. The van der Waals surface area contributed by atoms with Crippen molar-refractivity contribution in [1.82, 2.24) is 15.5 Å². The van der Waals surface area contributed by atoms with Gasteiger partial charge in [-0.3, -0.25) is 9.69 Å². The molecule has 1 aliphatic rings. The maximum absolute atomic E-state index is 11.5. The van der Waals surface area contributed by atoms with Gasteiger partial charge in [0.1, 0.15) is 0 Å². The highest BCUT2D eigenvalue weighted by Gasteiger charge is 2.22. The molecular formula is C10H21N3O. The molecule has 1 heterocycles. The largest absolute Gasteiger partial charge is 0.355 e. The third-order valence-electron chi connectivity index (χ3n) is 2.72. The Morgan fingerprint density at radius 3 is 3.14 bits per heavy atom. The number of rotatable bonds is 4. The minimum atomic E-state index is 0.0364. The molecule has 1 atom stereocenters. The van der Waals surface area contributed by atoms with Crippen molar-refractivity contribution in [3.63, 3.8) is 0 Å². The fourth-order valence-corrected chi connectivity index (χ4v) is 1.77. The molecule has 4 heteroatoms. The molecule has 1 saturated heterocycles. The van der Waals surface area contributed by atoms with Crippen LogP contribution in [0, 0.1) is 0 Å². The van der Waals surface area contributed by atoms with E-state index in [1.54, 1.807) is 0 Å². The third-order valence-corrected chi connectivity index (χ3v) is 2.72. The van der Waals surface area contributed by atoms with Crippen LogP contribution in [0.5, 0.6) is 0 Å². The molecule has 0 bridgehead atoms. The summed E-state index contributed by atoms with van der Waals surface area (Å²) in [5.41, 5.74) is 0. The number of carbonyl (C=O) groups is 1. The van der Waals surface area contributed by atoms with E-state index in [9.17, 15) is 4.79 Å². The molecule has 2 N–H and O–H groups in total. The predicted octanol–water partition coefficient (Wildman–Crippen LogP) is -0.194. The number of hydrogen-bond donors (Lipinski definition) is 2. The number of amides is 1. The van der Waals surface area contributed by atoms with Crippen LogP contribution in [0.25, 0.3) is 0 Å². The summed E-state index contributed by atoms with van der Waals surface area (Å²) in [6, 6.07) is 0.0364. The summed E-state index contributed by atoms with van der Waals surface area (Å²) in [4.78, 5) is 13.8. The number of hydrogen-bond acceptors (Lipinski definition) is 3. The smallest absolute Gasteiger partial charge is 0.237 e. The van der Waals surface area contributed by atoms with Crippen LogP contribution >= 0.6 is 0 Å². The highest BCUT2D eigenvalue weighted by Crippen LogP contribution is 2.05. The molecule has 0 aliphatic carbocycles. The molecule has 0 aromatic carbocycles. The van der Waals surface area contributed by atoms with Gasteiger partial charge in [0, 0.05) is 19.6 Å². The lowest BCUT2D eigenvalue weighted by atomic mass is 10.2. The molecule has 0 saturated carbocycles. The van der Waals surface area contributed by atoms with Gasteiger partial charge in [0.05, 0.1) is 6.04 Å². The van der Waals surface area contributed by atoms with E-state index in [1.807, 2.05) is 14.0 Å². The van der Waals surface area contributed by atoms with Gasteiger partial charge >= 0.3 is 0 Å². The molecule has 1 fully saturated rings. The molecule has 0 radical (unpaired) electrons. The summed E-state index contributed by atoms with van der Waals surface area (Å²) in [5.74, 6) is 0.173. The lowest BCUT2D eigenvalue weighted by molar-refractivity contribution is -0.124. The van der Waals surface area contributed by atoms with Gasteiger partial charge in [-0.05, 0) is 33.4 Å². The molecular weight excluding hydrogens is 178 g/mol. The molecule has 1 unspecified atom stereocenters. The molecule has 0 aromatic heterocycles. The first kappa shape index (κ1) is 11.5. The average molecular weight is 199 g/mol. The Morgan fingerprint density at radius 2 is 2.43 bits per heavy atom. The molecule has 0 spiro atoms. The van der Waals surface area contributed by atoms with Crippen LogP contribution in [-0.2, 0) is 4.79 Å². The first-order valence-corrected chi connectivity index (χ1v) is 5.42. The molecule has 4 nitrogen and oxygen atoms in total. The van der Waals surface area contributed by atoms with Gasteiger partial charge in [0.25, 0.3) is 0 Å². The van der Waals surface area contributed by atoms with Gasteiger partial charge in [0.15, 0.2) is 0 Å². The fourth-order valence-electron chi connectivity index (χ4n) is 1.77. The summed E-state index contributed by atoms with van der Waals surface area (Å²) >= 11 is 0. The highest BCUT2D eigenvalue weighted by molar-refractivity contribution is 5.81. The van der Waals surface area contributed by atoms with E-state index in [0.29, 0.717) is 0 Å². The van der Waals surface area contributed by atoms with Gasteiger partial charge in [-0.15, -0.1) is 0 Å². The molecule has 1 amide bonds. The zero-order valence-corrected chi connectivity index (χ0v) is 9.18. The molecule has 1 rings (SSSR count). The SMILES string of the molecule is CNCCCN1CCCNC(=O)C1C. The molecule has 82 valence electrons. The van der Waals surface area contributed by atoms with Crippen LogP contribution in [0.1, 0.15) is 19.8 Å². The lowest BCUT2D eigenvalue weighted by Crippen LogP contribution is -2.42. The topological polar surface area (TPSA) is 44.4 Å². The maximum atomic E-state index is 11.5. The van der Waals surface area contributed by atoms with E-state index in [0.717, 1.165) is 39.0 Å². The van der Waals surface area contributed by atoms with Gasteiger partial charge in [-0.1, -0.05) is 0 Å². The van der Waals surface area contributed by atoms with Crippen molar-refractivity contribution in [2.75, 3.05) is 33.2 Å². The Bertz CT molecular complexity index is 184. The standard InChI is InChI=1S/C10H21N3O/c1-9-10(14)12-6-4-8-13(9)7-3-5-11-2/h9,11H,3-8H2,1-2H3,(H,12,14). The van der Waals surface area contributed by atoms with Crippen LogP contribution in [0.2, 0.25) is 0 Å². The van der Waals surface area contributed by atoms with Crippen molar-refractivity contribution in [3.8, 4) is 0 Å². The zero-order chi connectivity index (χ0) is 10.4. The minimum absolute atomic E-state index is 0.0364. The zero-order valence-electron chi connectivity index (χ0n) is 9.18. The minimum Gasteiger partial charge on any atom is -0.355 e. The Balaban J connectivity index is 2.36. The first-order valence-electron chi connectivity index (χ1n) is 5.42. The monoisotopic (exact) mass is 199 g/mol. The summed E-state index contributed by atoms with van der Waals surface area (Å²) < 4.78 is 0. The van der Waals surface area contributed by atoms with E-state index in [2.05, 4.69) is 15.5 Å². The predicted molar refractivity (Wildman–Crippen MR) is 57.2 cm³/mol. The van der Waals surface area contributed by atoms with E-state index in [1.165, 1.54) is 0 Å². The Kier molecular flexibility index (Phi) is 4.90. The van der Waals surface area contributed by atoms with Gasteiger partial charge in [-0.25, -0.2) is 0 Å². The first-order chi connectivity index (χ1) is 6.75. The summed E-state index contributed by atoms with van der Waals surface area (Å²) in [6.45, 7) is 5.87. The van der Waals surface area contributed by atoms with E-state index in [4.69, 9.17) is 0 Å². The second-order valence-electron chi connectivity index (χ2n) is 3.81. The summed E-state index contributed by atoms with van der Waals surface area (Å²) in [6.07, 6.45) is 2.17. The summed E-state index contributed by atoms with van der Waals surface area (Å²) in [7, 11) is 1.96. The quantitative estimate of drug-likeness (QED) is 0.617.